The number of rotatable bonds is 7. The molecule has 0 aliphatic heterocycles. The molecule has 3 nitrogen and oxygen atoms in total. The minimum Gasteiger partial charge on any atom is -0.492 e. The summed E-state index contributed by atoms with van der Waals surface area (Å²) in [5.74, 6) is 1.89. The van der Waals surface area contributed by atoms with Crippen LogP contribution in [0.3, 0.4) is 0 Å². The van der Waals surface area contributed by atoms with E-state index in [1.54, 1.807) is 0 Å². The second-order valence-electron chi connectivity index (χ2n) is 5.63. The second kappa shape index (κ2) is 5.27. The van der Waals surface area contributed by atoms with Gasteiger partial charge in [-0.25, -0.2) is 0 Å². The van der Waals surface area contributed by atoms with E-state index < -0.39 is 0 Å². The van der Waals surface area contributed by atoms with E-state index >= 15 is 0 Å². The maximum absolute atomic E-state index is 5.89. The van der Waals surface area contributed by atoms with E-state index in [-0.39, 0.29) is 0 Å². The van der Waals surface area contributed by atoms with Crippen molar-refractivity contribution in [3.63, 3.8) is 0 Å². The molecule has 1 N–H and O–H groups in total. The molecule has 0 amide bonds. The van der Waals surface area contributed by atoms with Gasteiger partial charge in [0.05, 0.1) is 12.3 Å². The lowest BCUT2D eigenvalue weighted by Gasteiger charge is -2.12. The van der Waals surface area contributed by atoms with E-state index in [4.69, 9.17) is 4.74 Å². The summed E-state index contributed by atoms with van der Waals surface area (Å²) >= 11 is 0. The third kappa shape index (κ3) is 3.45. The van der Waals surface area contributed by atoms with Gasteiger partial charge in [-0.05, 0) is 44.2 Å². The highest BCUT2D eigenvalue weighted by atomic mass is 16.5. The molecular weight excluding hydrogens is 224 g/mol. The highest BCUT2D eigenvalue weighted by Crippen LogP contribution is 2.32. The molecule has 3 rings (SSSR count). The van der Waals surface area contributed by atoms with Crippen molar-refractivity contribution in [3.8, 4) is 5.75 Å². The summed E-state index contributed by atoms with van der Waals surface area (Å²) in [6.07, 6.45) is 6.61. The van der Waals surface area contributed by atoms with E-state index in [0.29, 0.717) is 6.04 Å². The number of hydrogen-bond acceptors (Lipinski definition) is 3. The first-order chi connectivity index (χ1) is 8.81. The van der Waals surface area contributed by atoms with Gasteiger partial charge < -0.3 is 10.1 Å². The monoisotopic (exact) mass is 246 g/mol. The van der Waals surface area contributed by atoms with E-state index in [2.05, 4.69) is 16.4 Å². The summed E-state index contributed by atoms with van der Waals surface area (Å²) in [6, 6.07) is 4.82. The molecule has 0 radical (unpaired) electrons. The summed E-state index contributed by atoms with van der Waals surface area (Å²) in [6.45, 7) is 3.71. The molecule has 1 aromatic heterocycles. The average Bonchev–Trinajstić information content (AvgIpc) is 3.24. The number of hydrogen-bond donors (Lipinski definition) is 1. The van der Waals surface area contributed by atoms with Crippen LogP contribution in [0.25, 0.3) is 0 Å². The van der Waals surface area contributed by atoms with Crippen molar-refractivity contribution >= 4 is 0 Å². The quantitative estimate of drug-likeness (QED) is 0.803. The molecule has 1 heterocycles. The number of ether oxygens (including phenoxy) is 1. The van der Waals surface area contributed by atoms with Crippen LogP contribution in [-0.4, -0.2) is 17.6 Å². The Morgan fingerprint density at radius 3 is 2.83 bits per heavy atom. The van der Waals surface area contributed by atoms with Gasteiger partial charge in [0.1, 0.15) is 5.75 Å². The number of aryl methyl sites for hydroxylation is 1. The van der Waals surface area contributed by atoms with Crippen LogP contribution < -0.4 is 10.1 Å². The summed E-state index contributed by atoms with van der Waals surface area (Å²) in [5, 5.41) is 3.51. The zero-order valence-corrected chi connectivity index (χ0v) is 11.1. The molecule has 0 aromatic carbocycles. The summed E-state index contributed by atoms with van der Waals surface area (Å²) in [4.78, 5) is 4.60. The first-order valence-electron chi connectivity index (χ1n) is 7.14. The lowest BCUT2D eigenvalue weighted by Crippen LogP contribution is -2.17. The van der Waals surface area contributed by atoms with E-state index in [1.165, 1.54) is 32.1 Å². The molecule has 2 fully saturated rings. The Bertz CT molecular complexity index is 411. The molecule has 0 unspecified atom stereocenters. The van der Waals surface area contributed by atoms with Gasteiger partial charge in [-0.2, -0.15) is 0 Å². The number of nitrogens with one attached hydrogen (secondary N) is 1. The zero-order valence-electron chi connectivity index (χ0n) is 11.1. The Morgan fingerprint density at radius 2 is 2.11 bits per heavy atom. The Hall–Kier alpha value is -1.09. The molecule has 2 saturated carbocycles. The Labute approximate surface area is 109 Å². The van der Waals surface area contributed by atoms with Crippen molar-refractivity contribution in [1.82, 2.24) is 10.3 Å². The van der Waals surface area contributed by atoms with Crippen molar-refractivity contribution in [2.45, 2.75) is 51.6 Å². The highest BCUT2D eigenvalue weighted by molar-refractivity contribution is 5.29. The fraction of sp³-hybridized carbons (Fsp3) is 0.667. The third-order valence-electron chi connectivity index (χ3n) is 3.69. The van der Waals surface area contributed by atoms with Crippen LogP contribution >= 0.6 is 0 Å². The Balaban J connectivity index is 1.57. The molecule has 1 aromatic rings. The van der Waals surface area contributed by atoms with Gasteiger partial charge >= 0.3 is 0 Å². The maximum Gasteiger partial charge on any atom is 0.142 e. The van der Waals surface area contributed by atoms with E-state index in [0.717, 1.165) is 36.2 Å². The first kappa shape index (κ1) is 12.0. The maximum atomic E-state index is 5.89. The summed E-state index contributed by atoms with van der Waals surface area (Å²) < 4.78 is 5.89. The van der Waals surface area contributed by atoms with Gasteiger partial charge in [-0.1, -0.05) is 12.8 Å². The summed E-state index contributed by atoms with van der Waals surface area (Å²) in [5.41, 5.74) is 2.13. The number of pyridine rings is 1. The molecule has 98 valence electrons. The minimum absolute atomic E-state index is 0.714. The lowest BCUT2D eigenvalue weighted by atomic mass is 10.2. The minimum atomic E-state index is 0.714. The normalized spacial score (nSPS) is 18.9. The van der Waals surface area contributed by atoms with E-state index in [1.807, 2.05) is 13.0 Å². The molecule has 0 bridgehead atoms. The van der Waals surface area contributed by atoms with Crippen molar-refractivity contribution in [1.29, 1.82) is 0 Å². The van der Waals surface area contributed by atoms with Gasteiger partial charge in [-0.15, -0.1) is 0 Å². The number of nitrogens with zero attached hydrogens (tertiary/aromatic N) is 1. The van der Waals surface area contributed by atoms with Crippen molar-refractivity contribution < 1.29 is 4.74 Å². The highest BCUT2D eigenvalue weighted by Gasteiger charge is 2.22. The van der Waals surface area contributed by atoms with Gasteiger partial charge in [-0.3, -0.25) is 4.98 Å². The van der Waals surface area contributed by atoms with Crippen molar-refractivity contribution in [2.24, 2.45) is 5.92 Å². The van der Waals surface area contributed by atoms with E-state index in [9.17, 15) is 0 Å². The second-order valence-corrected chi connectivity index (χ2v) is 5.63. The molecule has 0 atom stereocenters. The van der Waals surface area contributed by atoms with Crippen LogP contribution in [0.1, 0.15) is 43.5 Å². The largest absolute Gasteiger partial charge is 0.492 e. The summed E-state index contributed by atoms with van der Waals surface area (Å²) in [7, 11) is 0. The molecule has 0 spiro atoms. The fourth-order valence-corrected chi connectivity index (χ4v) is 2.13. The van der Waals surface area contributed by atoms with Gasteiger partial charge in [0.25, 0.3) is 0 Å². The fourth-order valence-electron chi connectivity index (χ4n) is 2.13. The predicted octanol–water partition coefficient (Wildman–Crippen LogP) is 2.82. The average molecular weight is 246 g/mol. The Morgan fingerprint density at radius 1 is 1.28 bits per heavy atom. The molecule has 18 heavy (non-hydrogen) atoms. The predicted molar refractivity (Wildman–Crippen MR) is 71.7 cm³/mol. The van der Waals surface area contributed by atoms with Crippen LogP contribution in [0.15, 0.2) is 12.1 Å². The van der Waals surface area contributed by atoms with Gasteiger partial charge in [0.15, 0.2) is 0 Å². The zero-order chi connectivity index (χ0) is 12.4. The first-order valence-corrected chi connectivity index (χ1v) is 7.14. The third-order valence-corrected chi connectivity index (χ3v) is 3.69. The van der Waals surface area contributed by atoms with Crippen LogP contribution in [0.5, 0.6) is 5.75 Å². The molecule has 3 heteroatoms. The van der Waals surface area contributed by atoms with Gasteiger partial charge in [0.2, 0.25) is 0 Å². The van der Waals surface area contributed by atoms with Crippen LogP contribution in [0.2, 0.25) is 0 Å². The SMILES string of the molecule is Cc1ccc(OCCC2CC2)c(CNC2CC2)n1. The van der Waals surface area contributed by atoms with Crippen LogP contribution in [0.4, 0.5) is 0 Å². The Kier molecular flexibility index (Phi) is 3.50. The standard InChI is InChI=1S/C15H22N2O/c1-11-2-7-15(18-9-8-12-3-4-12)14(17-11)10-16-13-5-6-13/h2,7,12-13,16H,3-6,8-10H2,1H3. The van der Waals surface area contributed by atoms with Gasteiger partial charge in [0, 0.05) is 18.3 Å². The van der Waals surface area contributed by atoms with Crippen LogP contribution in [0, 0.1) is 12.8 Å². The molecule has 2 aliphatic carbocycles. The van der Waals surface area contributed by atoms with Crippen LogP contribution in [-0.2, 0) is 6.54 Å². The topological polar surface area (TPSA) is 34.1 Å². The lowest BCUT2D eigenvalue weighted by molar-refractivity contribution is 0.297. The smallest absolute Gasteiger partial charge is 0.142 e. The van der Waals surface area contributed by atoms with Crippen molar-refractivity contribution in [2.75, 3.05) is 6.61 Å². The van der Waals surface area contributed by atoms with Crippen molar-refractivity contribution in [3.05, 3.63) is 23.5 Å². The molecule has 0 saturated heterocycles. The number of aromatic nitrogens is 1. The molecule has 2 aliphatic rings. The molecular formula is C15H22N2O.